The second-order valence-electron chi connectivity index (χ2n) is 3.29. The first-order valence-corrected chi connectivity index (χ1v) is 4.47. The predicted molar refractivity (Wildman–Crippen MR) is 46.7 cm³/mol. The average Bonchev–Trinajstić information content (AvgIpc) is 2.97. The molecule has 0 radical (unpaired) electrons. The van der Waals surface area contributed by atoms with Crippen LogP contribution in [0.4, 0.5) is 13.2 Å². The molecule has 2 rings (SSSR count). The molecule has 1 fully saturated rings. The van der Waals surface area contributed by atoms with E-state index in [1.807, 2.05) is 0 Å². The van der Waals surface area contributed by atoms with E-state index in [0.717, 1.165) is 12.1 Å². The zero-order valence-corrected chi connectivity index (χ0v) is 7.75. The molecule has 0 N–H and O–H groups in total. The number of hydrogen-bond donors (Lipinski definition) is 0. The molecule has 15 heavy (non-hydrogen) atoms. The summed E-state index contributed by atoms with van der Waals surface area (Å²) in [7, 11) is 0. The Labute approximate surface area is 84.6 Å². The van der Waals surface area contributed by atoms with E-state index >= 15 is 0 Å². The highest BCUT2D eigenvalue weighted by atomic mass is 19.4. The molecule has 2 nitrogen and oxygen atoms in total. The minimum Gasteiger partial charge on any atom is -0.491 e. The molecule has 1 heterocycles. The van der Waals surface area contributed by atoms with Gasteiger partial charge in [0.2, 0.25) is 0 Å². The van der Waals surface area contributed by atoms with Gasteiger partial charge >= 0.3 is 6.18 Å². The Hall–Kier alpha value is -1.23. The molecule has 0 aromatic heterocycles. The third kappa shape index (κ3) is 2.86. The van der Waals surface area contributed by atoms with Crippen LogP contribution in [0.1, 0.15) is 5.56 Å². The molecule has 82 valence electrons. The van der Waals surface area contributed by atoms with E-state index in [2.05, 4.69) is 0 Å². The van der Waals surface area contributed by atoms with Gasteiger partial charge in [-0.05, 0) is 18.2 Å². The summed E-state index contributed by atoms with van der Waals surface area (Å²) in [5, 5.41) is 0. The second-order valence-corrected chi connectivity index (χ2v) is 3.29. The van der Waals surface area contributed by atoms with Crippen LogP contribution in [0.3, 0.4) is 0 Å². The molecule has 5 heteroatoms. The smallest absolute Gasteiger partial charge is 0.416 e. The SMILES string of the molecule is FC(F)(F)c1cccc(OC[C@@H]2CO2)c1. The largest absolute Gasteiger partial charge is 0.491 e. The van der Waals surface area contributed by atoms with Gasteiger partial charge in [0.05, 0.1) is 12.2 Å². The van der Waals surface area contributed by atoms with Crippen molar-refractivity contribution in [2.75, 3.05) is 13.2 Å². The van der Waals surface area contributed by atoms with Gasteiger partial charge in [-0.2, -0.15) is 13.2 Å². The first kappa shape index (κ1) is 10.3. The van der Waals surface area contributed by atoms with Crippen molar-refractivity contribution in [1.82, 2.24) is 0 Å². The number of benzene rings is 1. The van der Waals surface area contributed by atoms with E-state index in [4.69, 9.17) is 9.47 Å². The Morgan fingerprint density at radius 3 is 2.73 bits per heavy atom. The lowest BCUT2D eigenvalue weighted by Gasteiger charge is -2.09. The summed E-state index contributed by atoms with van der Waals surface area (Å²) in [6, 6.07) is 4.83. The van der Waals surface area contributed by atoms with Crippen LogP contribution in [0.2, 0.25) is 0 Å². The quantitative estimate of drug-likeness (QED) is 0.727. The third-order valence-electron chi connectivity index (χ3n) is 2.00. The first-order valence-electron chi connectivity index (χ1n) is 4.47. The molecular weight excluding hydrogens is 209 g/mol. The van der Waals surface area contributed by atoms with E-state index in [-0.39, 0.29) is 11.9 Å². The van der Waals surface area contributed by atoms with Gasteiger partial charge in [-0.1, -0.05) is 6.07 Å². The molecule has 0 unspecified atom stereocenters. The van der Waals surface area contributed by atoms with Crippen molar-refractivity contribution in [3.05, 3.63) is 29.8 Å². The fourth-order valence-electron chi connectivity index (χ4n) is 1.12. The van der Waals surface area contributed by atoms with Gasteiger partial charge in [-0.25, -0.2) is 0 Å². The number of alkyl halides is 3. The fraction of sp³-hybridized carbons (Fsp3) is 0.400. The van der Waals surface area contributed by atoms with Gasteiger partial charge in [0, 0.05) is 0 Å². The molecule has 0 aliphatic carbocycles. The maximum Gasteiger partial charge on any atom is 0.416 e. The number of halogens is 3. The maximum absolute atomic E-state index is 12.3. The van der Waals surface area contributed by atoms with E-state index < -0.39 is 11.7 Å². The lowest BCUT2D eigenvalue weighted by atomic mass is 10.2. The molecule has 0 amide bonds. The summed E-state index contributed by atoms with van der Waals surface area (Å²) in [6.07, 6.45) is -4.28. The number of ether oxygens (including phenoxy) is 2. The van der Waals surface area contributed by atoms with Crippen molar-refractivity contribution >= 4 is 0 Å². The number of rotatable bonds is 3. The Morgan fingerprint density at radius 2 is 2.13 bits per heavy atom. The summed E-state index contributed by atoms with van der Waals surface area (Å²) < 4.78 is 46.9. The highest BCUT2D eigenvalue weighted by Gasteiger charge is 2.30. The van der Waals surface area contributed by atoms with Gasteiger partial charge in [-0.3, -0.25) is 0 Å². The van der Waals surface area contributed by atoms with Crippen molar-refractivity contribution in [2.45, 2.75) is 12.3 Å². The molecule has 0 saturated carbocycles. The van der Waals surface area contributed by atoms with Crippen LogP contribution in [0.25, 0.3) is 0 Å². The minimum absolute atomic E-state index is 0.0412. The first-order chi connectivity index (χ1) is 7.05. The third-order valence-corrected chi connectivity index (χ3v) is 2.00. The minimum atomic E-state index is -4.32. The molecule has 1 atom stereocenters. The average molecular weight is 218 g/mol. The van der Waals surface area contributed by atoms with Crippen LogP contribution < -0.4 is 4.74 Å². The lowest BCUT2D eigenvalue weighted by molar-refractivity contribution is -0.137. The van der Waals surface area contributed by atoms with Crippen LogP contribution in [0.15, 0.2) is 24.3 Å². The standard InChI is InChI=1S/C10H9F3O2/c11-10(12,13)7-2-1-3-8(4-7)14-5-9-6-15-9/h1-4,9H,5-6H2/t9-/m1/s1. The van der Waals surface area contributed by atoms with Crippen molar-refractivity contribution in [1.29, 1.82) is 0 Å². The Kier molecular flexibility index (Phi) is 2.56. The Morgan fingerprint density at radius 1 is 1.40 bits per heavy atom. The molecule has 1 aromatic rings. The summed E-state index contributed by atoms with van der Waals surface area (Å²) in [5.41, 5.74) is -0.697. The van der Waals surface area contributed by atoms with Crippen molar-refractivity contribution in [3.63, 3.8) is 0 Å². The molecule has 0 bridgehead atoms. The molecule has 1 aliphatic rings. The van der Waals surface area contributed by atoms with Crippen LogP contribution in [-0.4, -0.2) is 19.3 Å². The second kappa shape index (κ2) is 3.73. The van der Waals surface area contributed by atoms with Gasteiger partial charge in [0.15, 0.2) is 0 Å². The van der Waals surface area contributed by atoms with Crippen LogP contribution in [-0.2, 0) is 10.9 Å². The maximum atomic E-state index is 12.3. The topological polar surface area (TPSA) is 21.8 Å². The van der Waals surface area contributed by atoms with Crippen LogP contribution in [0.5, 0.6) is 5.75 Å². The molecule has 1 aromatic carbocycles. The van der Waals surface area contributed by atoms with Gasteiger partial charge in [0.1, 0.15) is 18.5 Å². The van der Waals surface area contributed by atoms with Crippen molar-refractivity contribution < 1.29 is 22.6 Å². The van der Waals surface area contributed by atoms with Crippen LogP contribution in [0, 0.1) is 0 Å². The highest BCUT2D eigenvalue weighted by Crippen LogP contribution is 2.31. The Balaban J connectivity index is 2.04. The number of hydrogen-bond acceptors (Lipinski definition) is 2. The highest BCUT2D eigenvalue weighted by molar-refractivity contribution is 5.30. The summed E-state index contributed by atoms with van der Waals surface area (Å²) in [6.45, 7) is 0.931. The summed E-state index contributed by atoms with van der Waals surface area (Å²) in [4.78, 5) is 0. The van der Waals surface area contributed by atoms with E-state index in [0.29, 0.717) is 13.2 Å². The van der Waals surface area contributed by atoms with Gasteiger partial charge < -0.3 is 9.47 Å². The zero-order valence-electron chi connectivity index (χ0n) is 7.75. The monoisotopic (exact) mass is 218 g/mol. The van der Waals surface area contributed by atoms with Gasteiger partial charge in [0.25, 0.3) is 0 Å². The van der Waals surface area contributed by atoms with Crippen molar-refractivity contribution in [2.24, 2.45) is 0 Å². The lowest BCUT2D eigenvalue weighted by Crippen LogP contribution is -2.07. The van der Waals surface area contributed by atoms with Gasteiger partial charge in [-0.15, -0.1) is 0 Å². The van der Waals surface area contributed by atoms with E-state index in [1.54, 1.807) is 0 Å². The van der Waals surface area contributed by atoms with Crippen LogP contribution >= 0.6 is 0 Å². The zero-order chi connectivity index (χ0) is 10.9. The normalized spacial score (nSPS) is 20.1. The number of epoxide rings is 1. The molecule has 1 aliphatic heterocycles. The summed E-state index contributed by atoms with van der Waals surface area (Å²) in [5.74, 6) is 0.223. The van der Waals surface area contributed by atoms with Crippen molar-refractivity contribution in [3.8, 4) is 5.75 Å². The fourth-order valence-corrected chi connectivity index (χ4v) is 1.12. The predicted octanol–water partition coefficient (Wildman–Crippen LogP) is 2.48. The molecule has 0 spiro atoms. The van der Waals surface area contributed by atoms with E-state index in [1.165, 1.54) is 12.1 Å². The molecule has 1 saturated heterocycles. The summed E-state index contributed by atoms with van der Waals surface area (Å²) >= 11 is 0. The van der Waals surface area contributed by atoms with E-state index in [9.17, 15) is 13.2 Å². The Bertz CT molecular complexity index is 345. The molecular formula is C10H9F3O2.